The highest BCUT2D eigenvalue weighted by atomic mass is 35.5. The van der Waals surface area contributed by atoms with E-state index in [9.17, 15) is 4.79 Å². The molecule has 2 unspecified atom stereocenters. The van der Waals surface area contributed by atoms with Gasteiger partial charge in [-0.25, -0.2) is 0 Å². The van der Waals surface area contributed by atoms with E-state index in [1.54, 1.807) is 0 Å². The van der Waals surface area contributed by atoms with Crippen molar-refractivity contribution in [1.82, 2.24) is 19.7 Å². The fourth-order valence-corrected chi connectivity index (χ4v) is 5.73. The van der Waals surface area contributed by atoms with Gasteiger partial charge in [0.25, 0.3) is 0 Å². The van der Waals surface area contributed by atoms with E-state index in [2.05, 4.69) is 24.0 Å². The van der Waals surface area contributed by atoms with Gasteiger partial charge >= 0.3 is 0 Å². The van der Waals surface area contributed by atoms with Crippen molar-refractivity contribution in [3.05, 3.63) is 83.9 Å². The third kappa shape index (κ3) is 6.17. The molecular formula is C29H29ClN4O2S. The number of aromatic nitrogens is 3. The lowest BCUT2D eigenvalue weighted by Crippen LogP contribution is -2.43. The molecule has 190 valence electrons. The van der Waals surface area contributed by atoms with Crippen LogP contribution in [0.5, 0.6) is 11.5 Å². The lowest BCUT2D eigenvalue weighted by molar-refractivity contribution is -0.130. The van der Waals surface area contributed by atoms with Crippen LogP contribution in [0, 0.1) is 11.8 Å². The molecule has 1 aliphatic heterocycles. The molecule has 4 aromatic rings. The number of thioether (sulfide) groups is 1. The number of amides is 1. The third-order valence-electron chi connectivity index (χ3n) is 6.36. The Morgan fingerprint density at radius 2 is 1.57 bits per heavy atom. The first-order chi connectivity index (χ1) is 18.0. The number of carbonyl (C=O) groups excluding carboxylic acids is 1. The molecule has 2 atom stereocenters. The van der Waals surface area contributed by atoms with Crippen molar-refractivity contribution >= 4 is 29.3 Å². The molecule has 0 radical (unpaired) electrons. The minimum Gasteiger partial charge on any atom is -0.457 e. The van der Waals surface area contributed by atoms with Crippen molar-refractivity contribution in [2.24, 2.45) is 11.8 Å². The zero-order valence-electron chi connectivity index (χ0n) is 20.9. The summed E-state index contributed by atoms with van der Waals surface area (Å²) in [7, 11) is 0. The maximum Gasteiger partial charge on any atom is 0.233 e. The van der Waals surface area contributed by atoms with Gasteiger partial charge in [0.05, 0.1) is 5.75 Å². The van der Waals surface area contributed by atoms with E-state index in [0.717, 1.165) is 35.8 Å². The van der Waals surface area contributed by atoms with Gasteiger partial charge in [-0.05, 0) is 78.9 Å². The lowest BCUT2D eigenvalue weighted by Gasteiger charge is -2.34. The van der Waals surface area contributed by atoms with E-state index in [4.69, 9.17) is 16.3 Å². The number of hydrogen-bond acceptors (Lipinski definition) is 5. The molecule has 0 aliphatic carbocycles. The van der Waals surface area contributed by atoms with Crippen LogP contribution in [-0.2, 0) is 4.79 Å². The van der Waals surface area contributed by atoms with Crippen LogP contribution in [0.4, 0.5) is 0 Å². The number of nitrogens with zero attached hydrogens (tertiary/aromatic N) is 4. The van der Waals surface area contributed by atoms with Crippen molar-refractivity contribution in [2.45, 2.75) is 25.4 Å². The summed E-state index contributed by atoms with van der Waals surface area (Å²) in [6.45, 7) is 6.05. The maximum atomic E-state index is 13.1. The Balaban J connectivity index is 1.40. The second-order valence-corrected chi connectivity index (χ2v) is 11.0. The van der Waals surface area contributed by atoms with Crippen LogP contribution >= 0.6 is 23.4 Å². The molecule has 37 heavy (non-hydrogen) atoms. The van der Waals surface area contributed by atoms with Crippen LogP contribution in [0.2, 0.25) is 5.02 Å². The smallest absolute Gasteiger partial charge is 0.233 e. The van der Waals surface area contributed by atoms with E-state index < -0.39 is 0 Å². The first kappa shape index (κ1) is 25.4. The molecule has 1 fully saturated rings. The van der Waals surface area contributed by atoms with Gasteiger partial charge in [-0.15, -0.1) is 10.2 Å². The first-order valence-electron chi connectivity index (χ1n) is 12.4. The minimum atomic E-state index is 0.137. The zero-order valence-corrected chi connectivity index (χ0v) is 22.5. The van der Waals surface area contributed by atoms with Crippen molar-refractivity contribution in [3.63, 3.8) is 0 Å². The SMILES string of the molecule is CC1CC(C)CN(C(=O)CSc2nnc(-c3ccc(Cl)cc3)n2-c2ccc(Oc3ccccc3)cc2)C1. The van der Waals surface area contributed by atoms with Crippen LogP contribution in [-0.4, -0.2) is 44.4 Å². The topological polar surface area (TPSA) is 60.2 Å². The number of hydrogen-bond donors (Lipinski definition) is 0. The van der Waals surface area contributed by atoms with Crippen molar-refractivity contribution in [1.29, 1.82) is 0 Å². The molecule has 0 spiro atoms. The Bertz CT molecular complexity index is 1330. The Morgan fingerprint density at radius 1 is 0.919 bits per heavy atom. The molecule has 0 N–H and O–H groups in total. The van der Waals surface area contributed by atoms with Crippen LogP contribution in [0.15, 0.2) is 84.0 Å². The Morgan fingerprint density at radius 3 is 2.24 bits per heavy atom. The second-order valence-electron chi connectivity index (χ2n) is 9.59. The average molecular weight is 533 g/mol. The number of benzene rings is 3. The Labute approximate surface area is 226 Å². The Hall–Kier alpha value is -3.29. The summed E-state index contributed by atoms with van der Waals surface area (Å²) in [5.74, 6) is 3.68. The number of halogens is 1. The second kappa shape index (κ2) is 11.4. The van der Waals surface area contributed by atoms with Gasteiger partial charge in [0.15, 0.2) is 11.0 Å². The number of carbonyl (C=O) groups is 1. The van der Waals surface area contributed by atoms with E-state index >= 15 is 0 Å². The van der Waals surface area contributed by atoms with Crippen molar-refractivity contribution < 1.29 is 9.53 Å². The summed E-state index contributed by atoms with van der Waals surface area (Å²) in [5, 5.41) is 10.3. The molecule has 1 amide bonds. The summed E-state index contributed by atoms with van der Waals surface area (Å²) in [6, 6.07) is 25.0. The highest BCUT2D eigenvalue weighted by Gasteiger charge is 2.26. The van der Waals surface area contributed by atoms with Crippen LogP contribution in [0.1, 0.15) is 20.3 Å². The number of rotatable bonds is 7. The molecule has 1 saturated heterocycles. The molecule has 3 aromatic carbocycles. The van der Waals surface area contributed by atoms with E-state index in [0.29, 0.717) is 33.6 Å². The summed E-state index contributed by atoms with van der Waals surface area (Å²) < 4.78 is 7.94. The Kier molecular flexibility index (Phi) is 7.82. The van der Waals surface area contributed by atoms with Gasteiger partial charge in [0.1, 0.15) is 11.5 Å². The molecule has 5 rings (SSSR count). The first-order valence-corrected chi connectivity index (χ1v) is 13.8. The van der Waals surface area contributed by atoms with Crippen LogP contribution in [0.25, 0.3) is 17.1 Å². The number of piperidine rings is 1. The lowest BCUT2D eigenvalue weighted by atomic mass is 9.92. The fraction of sp³-hybridized carbons (Fsp3) is 0.276. The van der Waals surface area contributed by atoms with Crippen LogP contribution in [0.3, 0.4) is 0 Å². The molecule has 0 bridgehead atoms. The van der Waals surface area contributed by atoms with Gasteiger partial charge in [-0.3, -0.25) is 9.36 Å². The minimum absolute atomic E-state index is 0.137. The van der Waals surface area contributed by atoms with Gasteiger partial charge in [0, 0.05) is 29.4 Å². The van der Waals surface area contributed by atoms with Crippen LogP contribution < -0.4 is 4.74 Å². The molecule has 2 heterocycles. The van der Waals surface area contributed by atoms with E-state index in [1.807, 2.05) is 88.3 Å². The van der Waals surface area contributed by atoms with Gasteiger partial charge in [-0.2, -0.15) is 0 Å². The molecule has 1 aromatic heterocycles. The quantitative estimate of drug-likeness (QED) is 0.240. The standard InChI is InChI=1S/C29H29ClN4O2S/c1-20-16-21(2)18-33(17-20)27(35)19-37-29-32-31-28(22-8-10-23(30)11-9-22)34(29)24-12-14-26(15-13-24)36-25-6-4-3-5-7-25/h3-15,20-21H,16-19H2,1-2H3. The summed E-state index contributed by atoms with van der Waals surface area (Å²) in [5.41, 5.74) is 1.77. The van der Waals surface area contributed by atoms with Gasteiger partial charge in [-0.1, -0.05) is 55.4 Å². The van der Waals surface area contributed by atoms with E-state index in [1.165, 1.54) is 18.2 Å². The predicted octanol–water partition coefficient (Wildman–Crippen LogP) is 6.98. The summed E-state index contributed by atoms with van der Waals surface area (Å²) in [4.78, 5) is 15.0. The number of likely N-dealkylation sites (tertiary alicyclic amines) is 1. The number of para-hydroxylation sites is 1. The summed E-state index contributed by atoms with van der Waals surface area (Å²) in [6.07, 6.45) is 1.17. The third-order valence-corrected chi connectivity index (χ3v) is 7.52. The molecule has 8 heteroatoms. The molecule has 6 nitrogen and oxygen atoms in total. The van der Waals surface area contributed by atoms with Gasteiger partial charge < -0.3 is 9.64 Å². The fourth-order valence-electron chi connectivity index (χ4n) is 4.75. The van der Waals surface area contributed by atoms with Crippen molar-refractivity contribution in [3.8, 4) is 28.6 Å². The molecule has 1 aliphatic rings. The predicted molar refractivity (Wildman–Crippen MR) is 149 cm³/mol. The average Bonchev–Trinajstić information content (AvgIpc) is 3.32. The maximum absolute atomic E-state index is 13.1. The summed E-state index contributed by atoms with van der Waals surface area (Å²) >= 11 is 7.53. The normalized spacial score (nSPS) is 17.5. The molecule has 0 saturated carbocycles. The number of ether oxygens (including phenoxy) is 1. The highest BCUT2D eigenvalue weighted by molar-refractivity contribution is 7.99. The zero-order chi connectivity index (χ0) is 25.8. The van der Waals surface area contributed by atoms with Crippen molar-refractivity contribution in [2.75, 3.05) is 18.8 Å². The largest absolute Gasteiger partial charge is 0.457 e. The van der Waals surface area contributed by atoms with E-state index in [-0.39, 0.29) is 5.91 Å². The van der Waals surface area contributed by atoms with Gasteiger partial charge in [0.2, 0.25) is 5.91 Å². The molecular weight excluding hydrogens is 504 g/mol. The highest BCUT2D eigenvalue weighted by Crippen LogP contribution is 2.31. The monoisotopic (exact) mass is 532 g/mol.